The molecule has 8 nitrogen and oxygen atoms in total. The van der Waals surface area contributed by atoms with E-state index < -0.39 is 18.1 Å². The zero-order valence-electron chi connectivity index (χ0n) is 35.6. The second-order valence-electron chi connectivity index (χ2n) is 16.0. The van der Waals surface area contributed by atoms with E-state index in [9.17, 15) is 19.5 Å². The van der Waals surface area contributed by atoms with Crippen LogP contribution in [0.3, 0.4) is 0 Å². The van der Waals surface area contributed by atoms with Crippen molar-refractivity contribution < 1.29 is 38.2 Å². The van der Waals surface area contributed by atoms with Crippen LogP contribution in [0.5, 0.6) is 0 Å². The molecule has 0 aromatic carbocycles. The van der Waals surface area contributed by atoms with Crippen molar-refractivity contribution in [2.75, 3.05) is 41.0 Å². The third kappa shape index (κ3) is 35.3. The van der Waals surface area contributed by atoms with E-state index >= 15 is 0 Å². The standard InChI is InChI=1S/C46H83NO7/c1-6-8-10-12-14-16-18-20-22-24-26-28-30-32-34-36-44(48)53-41-42(40-52-39-38-43(46(50)51)47(3,4)5)54-45(49)37-35-33-31-29-27-25-23-21-19-17-15-13-11-9-7-2/h14,16-20,42-43H,6-13,15,21-41H2,1-5H3/b16-14+,19-17+,20-18+. The van der Waals surface area contributed by atoms with Gasteiger partial charge in [-0.25, -0.2) is 0 Å². The molecule has 0 aliphatic carbocycles. The number of likely N-dealkylation sites (N-methyl/N-ethyl adjacent to an activating group) is 1. The van der Waals surface area contributed by atoms with Gasteiger partial charge in [0.25, 0.3) is 0 Å². The molecule has 314 valence electrons. The summed E-state index contributed by atoms with van der Waals surface area (Å²) in [4.78, 5) is 36.8. The molecular weight excluding hydrogens is 679 g/mol. The van der Waals surface area contributed by atoms with Crippen molar-refractivity contribution in [1.29, 1.82) is 0 Å². The van der Waals surface area contributed by atoms with E-state index in [1.165, 1.54) is 103 Å². The molecule has 0 N–H and O–H groups in total. The van der Waals surface area contributed by atoms with Gasteiger partial charge in [-0.05, 0) is 64.2 Å². The quantitative estimate of drug-likeness (QED) is 0.0202. The number of aliphatic carboxylic acids is 1. The number of carbonyl (C=O) groups excluding carboxylic acids is 3. The highest BCUT2D eigenvalue weighted by atomic mass is 16.6. The van der Waals surface area contributed by atoms with Crippen LogP contribution in [0.25, 0.3) is 0 Å². The lowest BCUT2D eigenvalue weighted by Crippen LogP contribution is -2.55. The Morgan fingerprint density at radius 2 is 0.981 bits per heavy atom. The molecule has 2 unspecified atom stereocenters. The summed E-state index contributed by atoms with van der Waals surface area (Å²) >= 11 is 0. The van der Waals surface area contributed by atoms with Crippen LogP contribution in [-0.4, -0.2) is 75.5 Å². The molecule has 0 radical (unpaired) electrons. The summed E-state index contributed by atoms with van der Waals surface area (Å²) in [6.45, 7) is 4.60. The summed E-state index contributed by atoms with van der Waals surface area (Å²) in [7, 11) is 5.40. The van der Waals surface area contributed by atoms with Crippen molar-refractivity contribution in [2.45, 2.75) is 199 Å². The number of rotatable bonds is 39. The molecule has 0 rings (SSSR count). The van der Waals surface area contributed by atoms with E-state index in [-0.39, 0.29) is 42.7 Å². The van der Waals surface area contributed by atoms with Gasteiger partial charge in [0.15, 0.2) is 6.10 Å². The summed E-state index contributed by atoms with van der Waals surface area (Å²) in [6, 6.07) is -0.727. The molecule has 0 aromatic heterocycles. The fourth-order valence-electron chi connectivity index (χ4n) is 6.29. The second kappa shape index (κ2) is 37.5. The number of carbonyl (C=O) groups is 3. The maximum atomic E-state index is 12.7. The van der Waals surface area contributed by atoms with Crippen LogP contribution >= 0.6 is 0 Å². The minimum atomic E-state index is -1.13. The normalized spacial score (nSPS) is 13.3. The average molecular weight is 762 g/mol. The Morgan fingerprint density at radius 3 is 1.48 bits per heavy atom. The van der Waals surface area contributed by atoms with Crippen LogP contribution < -0.4 is 5.11 Å². The smallest absolute Gasteiger partial charge is 0.306 e. The maximum absolute atomic E-state index is 12.7. The van der Waals surface area contributed by atoms with Gasteiger partial charge in [-0.2, -0.15) is 0 Å². The maximum Gasteiger partial charge on any atom is 0.306 e. The van der Waals surface area contributed by atoms with Gasteiger partial charge in [0, 0.05) is 19.3 Å². The highest BCUT2D eigenvalue weighted by Gasteiger charge is 2.25. The van der Waals surface area contributed by atoms with Crippen LogP contribution in [0.15, 0.2) is 36.5 Å². The molecule has 2 atom stereocenters. The van der Waals surface area contributed by atoms with Crippen LogP contribution in [0.1, 0.15) is 187 Å². The molecule has 0 saturated carbocycles. The van der Waals surface area contributed by atoms with Crippen molar-refractivity contribution in [3.8, 4) is 0 Å². The second-order valence-corrected chi connectivity index (χ2v) is 16.0. The molecule has 0 aromatic rings. The Balaban J connectivity index is 4.37. The molecule has 0 bridgehead atoms. The highest BCUT2D eigenvalue weighted by molar-refractivity contribution is 5.70. The Kier molecular flexibility index (Phi) is 35.8. The molecule has 0 spiro atoms. The zero-order valence-corrected chi connectivity index (χ0v) is 35.6. The minimum absolute atomic E-state index is 0.0361. The molecule has 8 heteroatoms. The van der Waals surface area contributed by atoms with E-state index in [2.05, 4.69) is 50.3 Å². The fourth-order valence-corrected chi connectivity index (χ4v) is 6.29. The summed E-state index contributed by atoms with van der Waals surface area (Å²) < 4.78 is 17.1. The number of allylic oxidation sites excluding steroid dienone is 6. The Hall–Kier alpha value is -2.45. The largest absolute Gasteiger partial charge is 0.544 e. The van der Waals surface area contributed by atoms with Gasteiger partial charge < -0.3 is 28.6 Å². The van der Waals surface area contributed by atoms with E-state index in [1.54, 1.807) is 21.1 Å². The van der Waals surface area contributed by atoms with Gasteiger partial charge in [-0.3, -0.25) is 9.59 Å². The lowest BCUT2D eigenvalue weighted by molar-refractivity contribution is -0.889. The number of esters is 2. The summed E-state index contributed by atoms with van der Waals surface area (Å²) in [6.07, 6.45) is 41.6. The fraction of sp³-hybridized carbons (Fsp3) is 0.804. The molecule has 0 aliphatic rings. The SMILES string of the molecule is CCCCC/C=C/C=C/CCCCCCCCC(=O)OCC(COCCC(C(=O)[O-])[N+](C)(C)C)OC(=O)CCCCCCCCC/C=C/CCCCCC. The molecule has 0 saturated heterocycles. The van der Waals surface area contributed by atoms with Crippen LogP contribution in [0.2, 0.25) is 0 Å². The lowest BCUT2D eigenvalue weighted by atomic mass is 10.1. The third-order valence-corrected chi connectivity index (χ3v) is 9.78. The first kappa shape index (κ1) is 51.5. The molecule has 0 fully saturated rings. The van der Waals surface area contributed by atoms with Crippen molar-refractivity contribution in [3.63, 3.8) is 0 Å². The number of carboxylic acid groups (broad SMARTS) is 1. The number of unbranched alkanes of at least 4 members (excludes halogenated alkanes) is 20. The van der Waals surface area contributed by atoms with E-state index in [0.29, 0.717) is 12.8 Å². The Bertz CT molecular complexity index is 984. The topological polar surface area (TPSA) is 102 Å². The van der Waals surface area contributed by atoms with Crippen LogP contribution in [0, 0.1) is 0 Å². The van der Waals surface area contributed by atoms with E-state index in [1.807, 2.05) is 0 Å². The van der Waals surface area contributed by atoms with E-state index in [0.717, 1.165) is 51.4 Å². The van der Waals surface area contributed by atoms with Gasteiger partial charge in [0.2, 0.25) is 0 Å². The number of hydrogen-bond donors (Lipinski definition) is 0. The zero-order chi connectivity index (χ0) is 40.0. The predicted molar refractivity (Wildman–Crippen MR) is 222 cm³/mol. The number of carboxylic acids is 1. The van der Waals surface area contributed by atoms with Crippen molar-refractivity contribution in [2.24, 2.45) is 0 Å². The number of ether oxygens (including phenoxy) is 3. The number of hydrogen-bond acceptors (Lipinski definition) is 7. The Labute approximate surface area is 332 Å². The molecule has 0 aliphatic heterocycles. The highest BCUT2D eigenvalue weighted by Crippen LogP contribution is 2.14. The lowest BCUT2D eigenvalue weighted by Gasteiger charge is -2.34. The average Bonchev–Trinajstić information content (AvgIpc) is 3.12. The van der Waals surface area contributed by atoms with Gasteiger partial charge >= 0.3 is 11.9 Å². The van der Waals surface area contributed by atoms with Gasteiger partial charge in [0.05, 0.1) is 40.3 Å². The minimum Gasteiger partial charge on any atom is -0.544 e. The van der Waals surface area contributed by atoms with Gasteiger partial charge in [0.1, 0.15) is 12.6 Å². The number of nitrogens with zero attached hydrogens (tertiary/aromatic N) is 1. The van der Waals surface area contributed by atoms with Gasteiger partial charge in [-0.15, -0.1) is 0 Å². The monoisotopic (exact) mass is 762 g/mol. The number of quaternary nitrogens is 1. The molecular formula is C46H83NO7. The van der Waals surface area contributed by atoms with Crippen LogP contribution in [-0.2, 0) is 28.6 Å². The molecule has 54 heavy (non-hydrogen) atoms. The van der Waals surface area contributed by atoms with Crippen LogP contribution in [0.4, 0.5) is 0 Å². The first-order valence-corrected chi connectivity index (χ1v) is 22.0. The molecule has 0 heterocycles. The summed E-state index contributed by atoms with van der Waals surface area (Å²) in [5, 5.41) is 11.6. The molecule has 0 amide bonds. The van der Waals surface area contributed by atoms with E-state index in [4.69, 9.17) is 14.2 Å². The first-order valence-electron chi connectivity index (χ1n) is 22.0. The predicted octanol–water partition coefficient (Wildman–Crippen LogP) is 10.5. The van der Waals surface area contributed by atoms with Gasteiger partial charge in [-0.1, -0.05) is 140 Å². The summed E-state index contributed by atoms with van der Waals surface area (Å²) in [5.41, 5.74) is 0. The third-order valence-electron chi connectivity index (χ3n) is 9.78. The summed E-state index contributed by atoms with van der Waals surface area (Å²) in [5.74, 6) is -1.75. The van der Waals surface area contributed by atoms with Crippen molar-refractivity contribution >= 4 is 17.9 Å². The Morgan fingerprint density at radius 1 is 0.556 bits per heavy atom. The van der Waals surface area contributed by atoms with Crippen molar-refractivity contribution in [1.82, 2.24) is 0 Å². The van der Waals surface area contributed by atoms with Crippen molar-refractivity contribution in [3.05, 3.63) is 36.5 Å². The first-order chi connectivity index (χ1) is 26.1.